The van der Waals surface area contributed by atoms with Crippen LogP contribution in [0.4, 0.5) is 0 Å². The lowest BCUT2D eigenvalue weighted by Crippen LogP contribution is -2.16. The molecular weight excluding hydrogens is 218 g/mol. The average Bonchev–Trinajstić information content (AvgIpc) is 2.84. The van der Waals surface area contributed by atoms with Crippen molar-refractivity contribution < 1.29 is 0 Å². The maximum absolute atomic E-state index is 4.33. The van der Waals surface area contributed by atoms with E-state index in [0.29, 0.717) is 0 Å². The van der Waals surface area contributed by atoms with Gasteiger partial charge in [-0.1, -0.05) is 6.07 Å². The minimum Gasteiger partial charge on any atom is -0.312 e. The van der Waals surface area contributed by atoms with Crippen LogP contribution in [0, 0.1) is 6.92 Å². The van der Waals surface area contributed by atoms with Crippen molar-refractivity contribution in [3.8, 4) is 0 Å². The second-order valence-electron chi connectivity index (χ2n) is 3.92. The number of nitrogens with zero attached hydrogens (tertiary/aromatic N) is 2. The molecule has 0 atom stereocenters. The first-order valence-corrected chi connectivity index (χ1v) is 6.36. The Hall–Kier alpha value is -1.13. The van der Waals surface area contributed by atoms with E-state index in [4.69, 9.17) is 0 Å². The van der Waals surface area contributed by atoms with Crippen LogP contribution in [0.1, 0.15) is 16.1 Å². The Morgan fingerprint density at radius 3 is 3.00 bits per heavy atom. The predicted octanol–water partition coefficient (Wildman–Crippen LogP) is 2.12. The molecule has 0 aromatic carbocycles. The first kappa shape index (κ1) is 11.4. The summed E-state index contributed by atoms with van der Waals surface area (Å²) in [6.07, 6.45) is 3.15. The van der Waals surface area contributed by atoms with Gasteiger partial charge in [0.2, 0.25) is 0 Å². The molecule has 3 nitrogen and oxygen atoms in total. The van der Waals surface area contributed by atoms with Crippen LogP contribution in [0.15, 0.2) is 23.7 Å². The van der Waals surface area contributed by atoms with Crippen molar-refractivity contribution >= 4 is 11.3 Å². The van der Waals surface area contributed by atoms with Gasteiger partial charge in [-0.3, -0.25) is 4.68 Å². The van der Waals surface area contributed by atoms with Gasteiger partial charge in [-0.05, 0) is 36.9 Å². The summed E-state index contributed by atoms with van der Waals surface area (Å²) in [4.78, 5) is 1.39. The third-order valence-electron chi connectivity index (χ3n) is 2.57. The van der Waals surface area contributed by atoms with Crippen molar-refractivity contribution in [1.29, 1.82) is 0 Å². The van der Waals surface area contributed by atoms with E-state index in [1.807, 2.05) is 11.7 Å². The van der Waals surface area contributed by atoms with Crippen LogP contribution in [-0.4, -0.2) is 16.3 Å². The molecule has 2 aromatic rings. The average molecular weight is 235 g/mol. The number of nitrogens with one attached hydrogen (secondary N) is 1. The molecule has 0 amide bonds. The fourth-order valence-electron chi connectivity index (χ4n) is 1.74. The highest BCUT2D eigenvalue weighted by molar-refractivity contribution is 7.09. The van der Waals surface area contributed by atoms with E-state index in [1.165, 1.54) is 10.4 Å². The number of aromatic nitrogens is 2. The van der Waals surface area contributed by atoms with E-state index < -0.39 is 0 Å². The van der Waals surface area contributed by atoms with Crippen molar-refractivity contribution in [1.82, 2.24) is 15.1 Å². The van der Waals surface area contributed by atoms with Gasteiger partial charge in [0, 0.05) is 24.7 Å². The fourth-order valence-corrected chi connectivity index (χ4v) is 2.42. The third-order valence-corrected chi connectivity index (χ3v) is 3.44. The van der Waals surface area contributed by atoms with E-state index in [-0.39, 0.29) is 0 Å². The maximum atomic E-state index is 4.33. The molecule has 2 heterocycles. The molecule has 0 spiro atoms. The Bertz CT molecular complexity index is 431. The highest BCUT2D eigenvalue weighted by atomic mass is 32.1. The second-order valence-corrected chi connectivity index (χ2v) is 4.95. The minimum absolute atomic E-state index is 0.969. The largest absolute Gasteiger partial charge is 0.312 e. The summed E-state index contributed by atoms with van der Waals surface area (Å²) in [5.74, 6) is 0. The monoisotopic (exact) mass is 235 g/mol. The van der Waals surface area contributed by atoms with Crippen molar-refractivity contribution in [3.63, 3.8) is 0 Å². The fraction of sp³-hybridized carbons (Fsp3) is 0.417. The molecule has 0 fully saturated rings. The van der Waals surface area contributed by atoms with Gasteiger partial charge in [-0.25, -0.2) is 0 Å². The van der Waals surface area contributed by atoms with Crippen LogP contribution in [0.5, 0.6) is 0 Å². The summed E-state index contributed by atoms with van der Waals surface area (Å²) < 4.78 is 1.88. The summed E-state index contributed by atoms with van der Waals surface area (Å²) in [7, 11) is 1.97. The van der Waals surface area contributed by atoms with Crippen molar-refractivity contribution in [2.45, 2.75) is 19.9 Å². The SMILES string of the molecule is Cc1nn(C)cc1CCNCc1cccs1. The zero-order valence-electron chi connectivity index (χ0n) is 9.73. The van der Waals surface area contributed by atoms with E-state index in [9.17, 15) is 0 Å². The molecule has 0 unspecified atom stereocenters. The molecule has 1 N–H and O–H groups in total. The summed E-state index contributed by atoms with van der Waals surface area (Å²) in [5, 5.41) is 9.89. The molecule has 16 heavy (non-hydrogen) atoms. The molecule has 0 saturated heterocycles. The van der Waals surface area contributed by atoms with Crippen LogP contribution >= 0.6 is 11.3 Å². The van der Waals surface area contributed by atoms with Gasteiger partial charge >= 0.3 is 0 Å². The smallest absolute Gasteiger partial charge is 0.0626 e. The van der Waals surface area contributed by atoms with Crippen LogP contribution in [-0.2, 0) is 20.0 Å². The Labute approximate surface area is 100 Å². The molecule has 2 aromatic heterocycles. The zero-order valence-corrected chi connectivity index (χ0v) is 10.5. The molecule has 0 aliphatic carbocycles. The molecule has 0 aliphatic rings. The summed E-state index contributed by atoms with van der Waals surface area (Å²) in [6, 6.07) is 4.25. The normalized spacial score (nSPS) is 10.9. The standard InChI is InChI=1S/C12H17N3S/c1-10-11(9-15(2)14-10)5-6-13-8-12-4-3-7-16-12/h3-4,7,9,13H,5-6,8H2,1-2H3. The summed E-state index contributed by atoms with van der Waals surface area (Å²) >= 11 is 1.80. The number of hydrogen-bond donors (Lipinski definition) is 1. The lowest BCUT2D eigenvalue weighted by atomic mass is 10.2. The van der Waals surface area contributed by atoms with Gasteiger partial charge in [0.15, 0.2) is 0 Å². The van der Waals surface area contributed by atoms with Crippen LogP contribution in [0.25, 0.3) is 0 Å². The zero-order chi connectivity index (χ0) is 11.4. The Balaban J connectivity index is 1.74. The van der Waals surface area contributed by atoms with Crippen molar-refractivity contribution in [2.24, 2.45) is 7.05 Å². The highest BCUT2D eigenvalue weighted by Crippen LogP contribution is 2.08. The molecule has 4 heteroatoms. The summed E-state index contributed by atoms with van der Waals surface area (Å²) in [5.41, 5.74) is 2.47. The van der Waals surface area contributed by atoms with Gasteiger partial charge in [0.1, 0.15) is 0 Å². The van der Waals surface area contributed by atoms with Gasteiger partial charge in [-0.15, -0.1) is 11.3 Å². The van der Waals surface area contributed by atoms with Crippen molar-refractivity contribution in [3.05, 3.63) is 39.8 Å². The van der Waals surface area contributed by atoms with Crippen molar-refractivity contribution in [2.75, 3.05) is 6.54 Å². The first-order chi connectivity index (χ1) is 7.75. The topological polar surface area (TPSA) is 29.9 Å². The van der Waals surface area contributed by atoms with E-state index in [1.54, 1.807) is 11.3 Å². The number of rotatable bonds is 5. The highest BCUT2D eigenvalue weighted by Gasteiger charge is 2.02. The van der Waals surface area contributed by atoms with Gasteiger partial charge < -0.3 is 5.32 Å². The lowest BCUT2D eigenvalue weighted by Gasteiger charge is -2.01. The molecule has 2 rings (SSSR count). The Kier molecular flexibility index (Phi) is 3.74. The predicted molar refractivity (Wildman–Crippen MR) is 67.7 cm³/mol. The van der Waals surface area contributed by atoms with Crippen LogP contribution in [0.2, 0.25) is 0 Å². The lowest BCUT2D eigenvalue weighted by molar-refractivity contribution is 0.692. The van der Waals surface area contributed by atoms with Gasteiger partial charge in [0.05, 0.1) is 5.69 Å². The molecule has 86 valence electrons. The quantitative estimate of drug-likeness (QED) is 0.805. The number of hydrogen-bond acceptors (Lipinski definition) is 3. The molecule has 0 aliphatic heterocycles. The Morgan fingerprint density at radius 1 is 1.50 bits per heavy atom. The number of aryl methyl sites for hydroxylation is 2. The first-order valence-electron chi connectivity index (χ1n) is 5.48. The number of thiophene rings is 1. The molecular formula is C12H17N3S. The second kappa shape index (κ2) is 5.27. The van der Waals surface area contributed by atoms with Gasteiger partial charge in [-0.2, -0.15) is 5.10 Å². The molecule has 0 radical (unpaired) electrons. The van der Waals surface area contributed by atoms with E-state index in [0.717, 1.165) is 25.2 Å². The summed E-state index contributed by atoms with van der Waals surface area (Å²) in [6.45, 7) is 4.04. The van der Waals surface area contributed by atoms with Crippen LogP contribution in [0.3, 0.4) is 0 Å². The third kappa shape index (κ3) is 2.93. The minimum atomic E-state index is 0.969. The Morgan fingerprint density at radius 2 is 2.38 bits per heavy atom. The maximum Gasteiger partial charge on any atom is 0.0626 e. The molecule has 0 saturated carbocycles. The van der Waals surface area contributed by atoms with E-state index in [2.05, 4.69) is 41.0 Å². The van der Waals surface area contributed by atoms with E-state index >= 15 is 0 Å². The van der Waals surface area contributed by atoms with Gasteiger partial charge in [0.25, 0.3) is 0 Å². The molecule has 0 bridgehead atoms. The van der Waals surface area contributed by atoms with Crippen LogP contribution < -0.4 is 5.32 Å².